The Morgan fingerprint density at radius 3 is 2.60 bits per heavy atom. The van der Waals surface area contributed by atoms with Crippen LogP contribution in [0.3, 0.4) is 0 Å². The molecule has 0 saturated heterocycles. The highest BCUT2D eigenvalue weighted by molar-refractivity contribution is 7.47. The molecule has 0 radical (unpaired) electrons. The lowest BCUT2D eigenvalue weighted by Gasteiger charge is -2.08. The normalized spacial score (nSPS) is 11.4. The maximum atomic E-state index is 2.29. The third-order valence-electron chi connectivity index (χ3n) is 2.95. The first-order valence-electron chi connectivity index (χ1n) is 6.05. The van der Waals surface area contributed by atoms with E-state index in [4.69, 9.17) is 0 Å². The molecule has 0 N–H and O–H groups in total. The van der Waals surface area contributed by atoms with Gasteiger partial charge in [-0.3, -0.25) is 0 Å². The molecule has 1 heteroatoms. The summed E-state index contributed by atoms with van der Waals surface area (Å²) in [7, 11) is 1.01. The van der Waals surface area contributed by atoms with Gasteiger partial charge in [0.15, 0.2) is 0 Å². The van der Waals surface area contributed by atoms with E-state index >= 15 is 0 Å². The van der Waals surface area contributed by atoms with Crippen LogP contribution in [0.1, 0.15) is 43.7 Å². The molecule has 0 aromatic heterocycles. The fraction of sp³-hybridized carbons (Fsp3) is 0.571. The molecule has 15 heavy (non-hydrogen) atoms. The van der Waals surface area contributed by atoms with Crippen LogP contribution in [0.4, 0.5) is 0 Å². The fourth-order valence-electron chi connectivity index (χ4n) is 1.72. The summed E-state index contributed by atoms with van der Waals surface area (Å²) in [5.41, 5.74) is 2.94. The van der Waals surface area contributed by atoms with E-state index in [0.717, 1.165) is 8.58 Å². The summed E-state index contributed by atoms with van der Waals surface area (Å²) in [5.74, 6) is 0. The fourth-order valence-corrected chi connectivity index (χ4v) is 3.09. The first kappa shape index (κ1) is 12.7. The molecule has 0 spiro atoms. The van der Waals surface area contributed by atoms with E-state index in [0.29, 0.717) is 0 Å². The van der Waals surface area contributed by atoms with Gasteiger partial charge in [0.1, 0.15) is 0 Å². The maximum absolute atomic E-state index is 2.29. The van der Waals surface area contributed by atoms with Crippen LogP contribution in [-0.2, 0) is 0 Å². The molecule has 0 fully saturated rings. The van der Waals surface area contributed by atoms with Gasteiger partial charge in [0, 0.05) is 0 Å². The second-order valence-corrected chi connectivity index (χ2v) is 5.63. The molecule has 0 bridgehead atoms. The second kappa shape index (κ2) is 7.01. The molecule has 0 aliphatic heterocycles. The molecule has 0 aliphatic rings. The predicted molar refractivity (Wildman–Crippen MR) is 72.9 cm³/mol. The molecular formula is C14H23P. The minimum atomic E-state index is 1.01. The molecule has 1 unspecified atom stereocenters. The Kier molecular flexibility index (Phi) is 5.95. The van der Waals surface area contributed by atoms with Crippen molar-refractivity contribution in [1.82, 2.24) is 0 Å². The Morgan fingerprint density at radius 2 is 1.87 bits per heavy atom. The van der Waals surface area contributed by atoms with Crippen molar-refractivity contribution in [2.24, 2.45) is 0 Å². The second-order valence-electron chi connectivity index (χ2n) is 4.23. The Labute approximate surface area is 96.3 Å². The van der Waals surface area contributed by atoms with Crippen LogP contribution < -0.4 is 5.30 Å². The lowest BCUT2D eigenvalue weighted by Crippen LogP contribution is -2.02. The number of unbranched alkanes of at least 4 members (excludes halogenated alkanes) is 3. The van der Waals surface area contributed by atoms with Crippen molar-refractivity contribution >= 4 is 13.9 Å². The summed E-state index contributed by atoms with van der Waals surface area (Å²) in [6.45, 7) is 6.73. The maximum Gasteiger partial charge on any atom is -0.0240 e. The van der Waals surface area contributed by atoms with Gasteiger partial charge in [0.05, 0.1) is 0 Å². The molecule has 1 aromatic carbocycles. The zero-order valence-corrected chi connectivity index (χ0v) is 11.3. The first-order valence-corrected chi connectivity index (χ1v) is 7.26. The molecule has 84 valence electrons. The van der Waals surface area contributed by atoms with Crippen LogP contribution >= 0.6 is 8.58 Å². The standard InChI is InChI=1S/C14H23P/c1-4-5-6-7-11-15-14-10-8-9-12(2)13(14)3/h8-10,15H,4-7,11H2,1-3H3. The van der Waals surface area contributed by atoms with Crippen LogP contribution in [0.15, 0.2) is 18.2 Å². The molecule has 0 heterocycles. The van der Waals surface area contributed by atoms with Gasteiger partial charge in [0.2, 0.25) is 0 Å². The molecule has 0 aliphatic carbocycles. The summed E-state index contributed by atoms with van der Waals surface area (Å²) < 4.78 is 0. The zero-order valence-electron chi connectivity index (χ0n) is 10.3. The zero-order chi connectivity index (χ0) is 11.1. The topological polar surface area (TPSA) is 0 Å². The molecule has 0 amide bonds. The SMILES string of the molecule is CCCCCCPc1cccc(C)c1C. The van der Waals surface area contributed by atoms with Crippen LogP contribution in [0.25, 0.3) is 0 Å². The Bertz CT molecular complexity index is 291. The Balaban J connectivity index is 2.34. The summed E-state index contributed by atoms with van der Waals surface area (Å²) in [4.78, 5) is 0. The lowest BCUT2D eigenvalue weighted by atomic mass is 10.1. The highest BCUT2D eigenvalue weighted by Crippen LogP contribution is 2.18. The summed E-state index contributed by atoms with van der Waals surface area (Å²) in [6.07, 6.45) is 6.93. The van der Waals surface area contributed by atoms with Crippen LogP contribution in [0, 0.1) is 13.8 Å². The van der Waals surface area contributed by atoms with Crippen LogP contribution in [0.2, 0.25) is 0 Å². The van der Waals surface area contributed by atoms with E-state index in [2.05, 4.69) is 39.0 Å². The van der Waals surface area contributed by atoms with Crippen molar-refractivity contribution < 1.29 is 0 Å². The van der Waals surface area contributed by atoms with E-state index in [-0.39, 0.29) is 0 Å². The van der Waals surface area contributed by atoms with E-state index in [9.17, 15) is 0 Å². The minimum Gasteiger partial charge on any atom is -0.0901 e. The monoisotopic (exact) mass is 222 g/mol. The molecular weight excluding hydrogens is 199 g/mol. The van der Waals surface area contributed by atoms with E-state index in [1.807, 2.05) is 0 Å². The van der Waals surface area contributed by atoms with Crippen molar-refractivity contribution in [3.63, 3.8) is 0 Å². The highest BCUT2D eigenvalue weighted by Gasteiger charge is 1.99. The summed E-state index contributed by atoms with van der Waals surface area (Å²) in [5, 5.41) is 1.58. The highest BCUT2D eigenvalue weighted by atomic mass is 31.1. The molecule has 0 nitrogen and oxygen atoms in total. The summed E-state index contributed by atoms with van der Waals surface area (Å²) in [6, 6.07) is 6.69. The molecule has 0 saturated carbocycles. The number of hydrogen-bond acceptors (Lipinski definition) is 0. The summed E-state index contributed by atoms with van der Waals surface area (Å²) >= 11 is 0. The third kappa shape index (κ3) is 4.34. The lowest BCUT2D eigenvalue weighted by molar-refractivity contribution is 0.706. The molecule has 1 atom stereocenters. The third-order valence-corrected chi connectivity index (χ3v) is 4.48. The average Bonchev–Trinajstić information content (AvgIpc) is 2.24. The van der Waals surface area contributed by atoms with Gasteiger partial charge < -0.3 is 0 Å². The van der Waals surface area contributed by atoms with Crippen LogP contribution in [0.5, 0.6) is 0 Å². The van der Waals surface area contributed by atoms with Crippen molar-refractivity contribution in [2.75, 3.05) is 6.16 Å². The average molecular weight is 222 g/mol. The van der Waals surface area contributed by atoms with Crippen molar-refractivity contribution in [1.29, 1.82) is 0 Å². The smallest absolute Gasteiger partial charge is 0.0240 e. The van der Waals surface area contributed by atoms with Crippen molar-refractivity contribution in [3.8, 4) is 0 Å². The van der Waals surface area contributed by atoms with Crippen molar-refractivity contribution in [3.05, 3.63) is 29.3 Å². The van der Waals surface area contributed by atoms with Gasteiger partial charge >= 0.3 is 0 Å². The Hall–Kier alpha value is -0.350. The van der Waals surface area contributed by atoms with Gasteiger partial charge in [0.25, 0.3) is 0 Å². The number of hydrogen-bond donors (Lipinski definition) is 0. The minimum absolute atomic E-state index is 1.01. The largest absolute Gasteiger partial charge is 0.0901 e. The van der Waals surface area contributed by atoms with E-state index in [1.54, 1.807) is 5.30 Å². The van der Waals surface area contributed by atoms with Gasteiger partial charge in [-0.1, -0.05) is 53.0 Å². The van der Waals surface area contributed by atoms with Gasteiger partial charge in [-0.05, 0) is 42.9 Å². The molecule has 1 aromatic rings. The van der Waals surface area contributed by atoms with Crippen LogP contribution in [-0.4, -0.2) is 6.16 Å². The van der Waals surface area contributed by atoms with E-state index < -0.39 is 0 Å². The Morgan fingerprint density at radius 1 is 1.07 bits per heavy atom. The quantitative estimate of drug-likeness (QED) is 0.500. The first-order chi connectivity index (χ1) is 7.25. The van der Waals surface area contributed by atoms with Gasteiger partial charge in [-0.2, -0.15) is 0 Å². The predicted octanol–water partition coefficient (Wildman–Crippen LogP) is 4.19. The van der Waals surface area contributed by atoms with Crippen molar-refractivity contribution in [2.45, 2.75) is 46.5 Å². The van der Waals surface area contributed by atoms with Gasteiger partial charge in [-0.25, -0.2) is 0 Å². The number of benzene rings is 1. The van der Waals surface area contributed by atoms with Gasteiger partial charge in [-0.15, -0.1) is 0 Å². The van der Waals surface area contributed by atoms with E-state index in [1.165, 1.54) is 43.0 Å². The molecule has 1 rings (SSSR count). The number of rotatable bonds is 6. The number of aryl methyl sites for hydroxylation is 1.